The molecule has 0 bridgehead atoms. The standard InChI is InChI=1S/C14H20BrNO3/c1-10(2)9-19-5-4-16-8-11-6-12(15)14(17)13(7-11)18-3/h6-7,16-17H,1,4-5,8-9H2,2-3H3. The van der Waals surface area contributed by atoms with Crippen molar-refractivity contribution >= 4 is 15.9 Å². The van der Waals surface area contributed by atoms with Crippen LogP contribution < -0.4 is 10.1 Å². The Kier molecular flexibility index (Phi) is 6.91. The van der Waals surface area contributed by atoms with E-state index in [2.05, 4.69) is 27.8 Å². The summed E-state index contributed by atoms with van der Waals surface area (Å²) in [6.07, 6.45) is 0. The summed E-state index contributed by atoms with van der Waals surface area (Å²) in [5.41, 5.74) is 2.05. The largest absolute Gasteiger partial charge is 0.503 e. The molecule has 0 fully saturated rings. The highest BCUT2D eigenvalue weighted by molar-refractivity contribution is 9.10. The van der Waals surface area contributed by atoms with E-state index < -0.39 is 0 Å². The maximum atomic E-state index is 9.70. The fourth-order valence-corrected chi connectivity index (χ4v) is 2.00. The zero-order valence-corrected chi connectivity index (χ0v) is 12.9. The predicted molar refractivity (Wildman–Crippen MR) is 79.7 cm³/mol. The van der Waals surface area contributed by atoms with Crippen molar-refractivity contribution < 1.29 is 14.6 Å². The summed E-state index contributed by atoms with van der Waals surface area (Å²) in [5.74, 6) is 0.584. The normalized spacial score (nSPS) is 10.5. The molecule has 19 heavy (non-hydrogen) atoms. The first kappa shape index (κ1) is 16.0. The highest BCUT2D eigenvalue weighted by Gasteiger charge is 2.08. The molecule has 0 unspecified atom stereocenters. The number of ether oxygens (including phenoxy) is 2. The van der Waals surface area contributed by atoms with Crippen LogP contribution in [0.4, 0.5) is 0 Å². The maximum absolute atomic E-state index is 9.70. The van der Waals surface area contributed by atoms with Gasteiger partial charge in [0.2, 0.25) is 0 Å². The number of phenolic OH excluding ortho intramolecular Hbond substituents is 1. The molecule has 0 saturated heterocycles. The Labute approximate surface area is 122 Å². The van der Waals surface area contributed by atoms with Gasteiger partial charge in [-0.25, -0.2) is 0 Å². The summed E-state index contributed by atoms with van der Waals surface area (Å²) in [6, 6.07) is 3.67. The van der Waals surface area contributed by atoms with Gasteiger partial charge in [-0.15, -0.1) is 0 Å². The molecule has 0 aliphatic carbocycles. The fourth-order valence-electron chi connectivity index (χ4n) is 1.51. The van der Waals surface area contributed by atoms with Gasteiger partial charge in [-0.3, -0.25) is 0 Å². The van der Waals surface area contributed by atoms with E-state index in [1.165, 1.54) is 7.11 Å². The lowest BCUT2D eigenvalue weighted by Crippen LogP contribution is -2.19. The Balaban J connectivity index is 2.37. The topological polar surface area (TPSA) is 50.7 Å². The zero-order chi connectivity index (χ0) is 14.3. The molecule has 0 atom stereocenters. The van der Waals surface area contributed by atoms with Gasteiger partial charge in [-0.2, -0.15) is 0 Å². The van der Waals surface area contributed by atoms with Crippen LogP contribution in [0.3, 0.4) is 0 Å². The smallest absolute Gasteiger partial charge is 0.172 e. The van der Waals surface area contributed by atoms with Crippen molar-refractivity contribution in [1.82, 2.24) is 5.32 Å². The average Bonchev–Trinajstić information content (AvgIpc) is 2.37. The van der Waals surface area contributed by atoms with Crippen molar-refractivity contribution in [1.29, 1.82) is 0 Å². The van der Waals surface area contributed by atoms with Crippen LogP contribution >= 0.6 is 15.9 Å². The summed E-state index contributed by atoms with van der Waals surface area (Å²) in [4.78, 5) is 0. The third kappa shape index (κ3) is 5.63. The summed E-state index contributed by atoms with van der Waals surface area (Å²) >= 11 is 3.30. The van der Waals surface area contributed by atoms with Gasteiger partial charge in [-0.05, 0) is 40.5 Å². The quantitative estimate of drug-likeness (QED) is 0.568. The number of nitrogens with one attached hydrogen (secondary N) is 1. The first-order chi connectivity index (χ1) is 9.04. The Morgan fingerprint density at radius 1 is 1.47 bits per heavy atom. The van der Waals surface area contributed by atoms with Crippen LogP contribution in [-0.4, -0.2) is 32.0 Å². The molecule has 0 radical (unpaired) electrons. The molecular formula is C14H20BrNO3. The fraction of sp³-hybridized carbons (Fsp3) is 0.429. The molecule has 0 heterocycles. The molecule has 5 heteroatoms. The van der Waals surface area contributed by atoms with E-state index in [1.54, 1.807) is 0 Å². The number of halogens is 1. The van der Waals surface area contributed by atoms with Crippen molar-refractivity contribution in [3.05, 3.63) is 34.3 Å². The van der Waals surface area contributed by atoms with Crippen LogP contribution in [-0.2, 0) is 11.3 Å². The second kappa shape index (κ2) is 8.19. The minimum absolute atomic E-state index is 0.121. The lowest BCUT2D eigenvalue weighted by Gasteiger charge is -2.10. The Morgan fingerprint density at radius 3 is 2.84 bits per heavy atom. The molecule has 1 aromatic rings. The second-order valence-electron chi connectivity index (χ2n) is 4.31. The van der Waals surface area contributed by atoms with Gasteiger partial charge in [0.05, 0.1) is 24.8 Å². The summed E-state index contributed by atoms with van der Waals surface area (Å²) < 4.78 is 11.1. The Hall–Kier alpha value is -1.04. The van der Waals surface area contributed by atoms with E-state index in [9.17, 15) is 5.11 Å². The molecular weight excluding hydrogens is 310 g/mol. The van der Waals surface area contributed by atoms with Crippen molar-refractivity contribution in [3.63, 3.8) is 0 Å². The monoisotopic (exact) mass is 329 g/mol. The molecule has 1 rings (SSSR count). The van der Waals surface area contributed by atoms with Gasteiger partial charge in [0, 0.05) is 13.1 Å². The van der Waals surface area contributed by atoms with E-state index in [4.69, 9.17) is 9.47 Å². The second-order valence-corrected chi connectivity index (χ2v) is 5.17. The maximum Gasteiger partial charge on any atom is 0.172 e. The van der Waals surface area contributed by atoms with Gasteiger partial charge < -0.3 is 19.9 Å². The summed E-state index contributed by atoms with van der Waals surface area (Å²) in [5, 5.41) is 13.0. The third-order valence-corrected chi connectivity index (χ3v) is 3.01. The molecule has 0 aromatic heterocycles. The molecule has 0 aliphatic heterocycles. The number of phenols is 1. The van der Waals surface area contributed by atoms with Gasteiger partial charge in [0.15, 0.2) is 11.5 Å². The molecule has 106 valence electrons. The number of hydrogen-bond acceptors (Lipinski definition) is 4. The highest BCUT2D eigenvalue weighted by Crippen LogP contribution is 2.35. The minimum atomic E-state index is 0.121. The first-order valence-electron chi connectivity index (χ1n) is 6.02. The van der Waals surface area contributed by atoms with Crippen LogP contribution in [0, 0.1) is 0 Å². The van der Waals surface area contributed by atoms with Crippen LogP contribution in [0.2, 0.25) is 0 Å². The number of aromatic hydroxyl groups is 1. The average molecular weight is 330 g/mol. The van der Waals surface area contributed by atoms with Crippen LogP contribution in [0.15, 0.2) is 28.8 Å². The van der Waals surface area contributed by atoms with E-state index in [0.717, 1.165) is 17.7 Å². The van der Waals surface area contributed by atoms with Gasteiger partial charge in [0.1, 0.15) is 0 Å². The molecule has 4 nitrogen and oxygen atoms in total. The number of rotatable bonds is 8. The number of benzene rings is 1. The third-order valence-electron chi connectivity index (χ3n) is 2.41. The number of methoxy groups -OCH3 is 1. The minimum Gasteiger partial charge on any atom is -0.503 e. The van der Waals surface area contributed by atoms with Gasteiger partial charge in [0.25, 0.3) is 0 Å². The lowest BCUT2D eigenvalue weighted by molar-refractivity contribution is 0.157. The number of hydrogen-bond donors (Lipinski definition) is 2. The van der Waals surface area contributed by atoms with E-state index in [-0.39, 0.29) is 5.75 Å². The SMILES string of the molecule is C=C(C)COCCNCc1cc(Br)c(O)c(OC)c1. The van der Waals surface area contributed by atoms with Crippen LogP contribution in [0.1, 0.15) is 12.5 Å². The summed E-state index contributed by atoms with van der Waals surface area (Å²) in [7, 11) is 1.53. The van der Waals surface area contributed by atoms with Gasteiger partial charge >= 0.3 is 0 Å². The van der Waals surface area contributed by atoms with E-state index >= 15 is 0 Å². The van der Waals surface area contributed by atoms with Gasteiger partial charge in [-0.1, -0.05) is 12.2 Å². The molecule has 1 aromatic carbocycles. The van der Waals surface area contributed by atoms with Crippen molar-refractivity contribution in [2.24, 2.45) is 0 Å². The van der Waals surface area contributed by atoms with E-state index in [0.29, 0.717) is 30.0 Å². The zero-order valence-electron chi connectivity index (χ0n) is 11.3. The van der Waals surface area contributed by atoms with Crippen molar-refractivity contribution in [2.75, 3.05) is 26.9 Å². The molecule has 0 saturated carbocycles. The molecule has 0 spiro atoms. The van der Waals surface area contributed by atoms with Crippen LogP contribution in [0.25, 0.3) is 0 Å². The molecule has 2 N–H and O–H groups in total. The van der Waals surface area contributed by atoms with E-state index in [1.807, 2.05) is 19.1 Å². The highest BCUT2D eigenvalue weighted by atomic mass is 79.9. The Bertz CT molecular complexity index is 435. The Morgan fingerprint density at radius 2 is 2.21 bits per heavy atom. The molecule has 0 amide bonds. The predicted octanol–water partition coefficient (Wildman–Crippen LogP) is 2.85. The molecule has 0 aliphatic rings. The lowest BCUT2D eigenvalue weighted by atomic mass is 10.2. The summed E-state index contributed by atoms with van der Waals surface area (Å²) in [6.45, 7) is 8.39. The van der Waals surface area contributed by atoms with Crippen molar-refractivity contribution in [2.45, 2.75) is 13.5 Å². The van der Waals surface area contributed by atoms with Crippen molar-refractivity contribution in [3.8, 4) is 11.5 Å². The van der Waals surface area contributed by atoms with Crippen LogP contribution in [0.5, 0.6) is 11.5 Å². The first-order valence-corrected chi connectivity index (χ1v) is 6.82.